The average Bonchev–Trinajstić information content (AvgIpc) is 2.88. The summed E-state index contributed by atoms with van der Waals surface area (Å²) in [6, 6.07) is 10.3. The highest BCUT2D eigenvalue weighted by molar-refractivity contribution is 5.18. The Bertz CT molecular complexity index is 309. The molecule has 3 heteroatoms. The van der Waals surface area contributed by atoms with Gasteiger partial charge in [-0.05, 0) is 31.4 Å². The van der Waals surface area contributed by atoms with Crippen LogP contribution in [0.3, 0.4) is 0 Å². The summed E-state index contributed by atoms with van der Waals surface area (Å²) in [6.45, 7) is 2.76. The van der Waals surface area contributed by atoms with E-state index in [2.05, 4.69) is 17.4 Å². The number of nitrogens with one attached hydrogen (secondary N) is 1. The topological polar surface area (TPSA) is 47.3 Å². The molecule has 1 aromatic rings. The monoisotopic (exact) mass is 234 g/mol. The Balaban J connectivity index is 1.61. The van der Waals surface area contributed by atoms with E-state index < -0.39 is 0 Å². The van der Waals surface area contributed by atoms with Gasteiger partial charge in [0, 0.05) is 19.2 Å². The maximum atomic E-state index is 6.10. The highest BCUT2D eigenvalue weighted by atomic mass is 16.5. The van der Waals surface area contributed by atoms with Crippen molar-refractivity contribution in [1.82, 2.24) is 5.32 Å². The first-order chi connectivity index (χ1) is 8.36. The van der Waals surface area contributed by atoms with E-state index in [1.54, 1.807) is 0 Å². The third kappa shape index (κ3) is 4.11. The van der Waals surface area contributed by atoms with Crippen LogP contribution in [0.15, 0.2) is 30.3 Å². The summed E-state index contributed by atoms with van der Waals surface area (Å²) in [5.41, 5.74) is 7.29. The molecule has 0 amide bonds. The highest BCUT2D eigenvalue weighted by Gasteiger charge is 2.14. The maximum absolute atomic E-state index is 6.10. The summed E-state index contributed by atoms with van der Waals surface area (Å²) in [4.78, 5) is 0. The van der Waals surface area contributed by atoms with Gasteiger partial charge in [-0.25, -0.2) is 0 Å². The van der Waals surface area contributed by atoms with Crippen molar-refractivity contribution in [3.8, 4) is 0 Å². The molecule has 0 spiro atoms. The largest absolute Gasteiger partial charge is 0.378 e. The number of hydrogen-bond acceptors (Lipinski definition) is 3. The second-order valence-electron chi connectivity index (χ2n) is 4.65. The molecule has 2 atom stereocenters. The molecule has 2 rings (SSSR count). The van der Waals surface area contributed by atoms with Crippen LogP contribution in [0.4, 0.5) is 0 Å². The Morgan fingerprint density at radius 2 is 2.18 bits per heavy atom. The van der Waals surface area contributed by atoms with Gasteiger partial charge in [0.05, 0.1) is 6.10 Å². The van der Waals surface area contributed by atoms with Crippen LogP contribution >= 0.6 is 0 Å². The fraction of sp³-hybridized carbons (Fsp3) is 0.571. The summed E-state index contributed by atoms with van der Waals surface area (Å²) < 4.78 is 5.57. The van der Waals surface area contributed by atoms with Crippen molar-refractivity contribution >= 4 is 0 Å². The first-order valence-corrected chi connectivity index (χ1v) is 6.49. The predicted molar refractivity (Wildman–Crippen MR) is 69.8 cm³/mol. The van der Waals surface area contributed by atoms with E-state index in [1.807, 2.05) is 18.2 Å². The molecule has 0 saturated carbocycles. The van der Waals surface area contributed by atoms with Crippen molar-refractivity contribution in [1.29, 1.82) is 0 Å². The van der Waals surface area contributed by atoms with Crippen LogP contribution < -0.4 is 11.1 Å². The molecule has 1 aromatic carbocycles. The molecule has 1 fully saturated rings. The Labute approximate surface area is 103 Å². The number of nitrogens with two attached hydrogens (primary N) is 1. The Morgan fingerprint density at radius 3 is 2.88 bits per heavy atom. The first-order valence-electron chi connectivity index (χ1n) is 6.49. The summed E-state index contributed by atoms with van der Waals surface area (Å²) >= 11 is 0. The van der Waals surface area contributed by atoms with Crippen molar-refractivity contribution < 1.29 is 4.74 Å². The average molecular weight is 234 g/mol. The molecular weight excluding hydrogens is 212 g/mol. The van der Waals surface area contributed by atoms with Gasteiger partial charge in [-0.3, -0.25) is 0 Å². The van der Waals surface area contributed by atoms with Gasteiger partial charge in [-0.15, -0.1) is 0 Å². The molecule has 1 aliphatic heterocycles. The van der Waals surface area contributed by atoms with E-state index in [1.165, 1.54) is 18.4 Å². The fourth-order valence-electron chi connectivity index (χ4n) is 2.21. The van der Waals surface area contributed by atoms with Gasteiger partial charge in [0.15, 0.2) is 0 Å². The molecule has 1 heterocycles. The molecule has 3 nitrogen and oxygen atoms in total. The molecule has 0 radical (unpaired) electrons. The van der Waals surface area contributed by atoms with E-state index in [4.69, 9.17) is 10.5 Å². The predicted octanol–water partition coefficient (Wildman–Crippen LogP) is 1.85. The third-order valence-electron chi connectivity index (χ3n) is 3.26. The minimum Gasteiger partial charge on any atom is -0.378 e. The Morgan fingerprint density at radius 1 is 1.35 bits per heavy atom. The van der Waals surface area contributed by atoms with Gasteiger partial charge in [-0.2, -0.15) is 0 Å². The fourth-order valence-corrected chi connectivity index (χ4v) is 2.21. The summed E-state index contributed by atoms with van der Waals surface area (Å²) in [5.74, 6) is 0. The molecule has 17 heavy (non-hydrogen) atoms. The highest BCUT2D eigenvalue weighted by Crippen LogP contribution is 2.14. The molecule has 1 aliphatic rings. The maximum Gasteiger partial charge on any atom is 0.0588 e. The molecule has 0 bridgehead atoms. The number of benzene rings is 1. The van der Waals surface area contributed by atoms with Gasteiger partial charge >= 0.3 is 0 Å². The zero-order chi connectivity index (χ0) is 11.9. The lowest BCUT2D eigenvalue weighted by atomic mass is 10.1. The first kappa shape index (κ1) is 12.6. The van der Waals surface area contributed by atoms with Crippen LogP contribution in [0.2, 0.25) is 0 Å². The van der Waals surface area contributed by atoms with Gasteiger partial charge in [0.25, 0.3) is 0 Å². The smallest absolute Gasteiger partial charge is 0.0588 e. The van der Waals surface area contributed by atoms with Crippen LogP contribution in [0, 0.1) is 0 Å². The number of hydrogen-bond donors (Lipinski definition) is 2. The third-order valence-corrected chi connectivity index (χ3v) is 3.26. The van der Waals surface area contributed by atoms with Gasteiger partial charge < -0.3 is 15.8 Å². The Kier molecular flexibility index (Phi) is 4.98. The van der Waals surface area contributed by atoms with Crippen molar-refractivity contribution in [2.45, 2.75) is 31.4 Å². The van der Waals surface area contributed by atoms with E-state index in [0.717, 1.165) is 26.1 Å². The normalized spacial score (nSPS) is 21.6. The summed E-state index contributed by atoms with van der Waals surface area (Å²) in [7, 11) is 0. The van der Waals surface area contributed by atoms with Crippen molar-refractivity contribution in [2.75, 3.05) is 19.7 Å². The summed E-state index contributed by atoms with van der Waals surface area (Å²) in [5, 5.41) is 3.41. The van der Waals surface area contributed by atoms with Gasteiger partial charge in [0.2, 0.25) is 0 Å². The molecule has 0 aromatic heterocycles. The van der Waals surface area contributed by atoms with E-state index in [0.29, 0.717) is 6.10 Å². The van der Waals surface area contributed by atoms with Crippen molar-refractivity contribution in [3.05, 3.63) is 35.9 Å². The second kappa shape index (κ2) is 6.74. The van der Waals surface area contributed by atoms with Crippen LogP contribution in [-0.4, -0.2) is 25.8 Å². The summed E-state index contributed by atoms with van der Waals surface area (Å²) in [6.07, 6.45) is 4.00. The zero-order valence-electron chi connectivity index (χ0n) is 10.3. The quantitative estimate of drug-likeness (QED) is 0.738. The standard InChI is InChI=1S/C14H22N2O/c15-14(12-5-2-1-3-6-12)11-16-9-8-13-7-4-10-17-13/h1-3,5-6,13-14,16H,4,7-11,15H2/t13?,14-/m0/s1. The number of ether oxygens (including phenoxy) is 1. The molecule has 1 unspecified atom stereocenters. The van der Waals surface area contributed by atoms with E-state index in [-0.39, 0.29) is 6.04 Å². The van der Waals surface area contributed by atoms with Crippen LogP contribution in [0.25, 0.3) is 0 Å². The molecule has 3 N–H and O–H groups in total. The van der Waals surface area contributed by atoms with Crippen LogP contribution in [0.5, 0.6) is 0 Å². The van der Waals surface area contributed by atoms with Crippen LogP contribution in [0.1, 0.15) is 30.9 Å². The van der Waals surface area contributed by atoms with Crippen LogP contribution in [-0.2, 0) is 4.74 Å². The number of rotatable bonds is 6. The molecule has 0 aliphatic carbocycles. The van der Waals surface area contributed by atoms with Gasteiger partial charge in [-0.1, -0.05) is 30.3 Å². The van der Waals surface area contributed by atoms with Crippen molar-refractivity contribution in [3.63, 3.8) is 0 Å². The Hall–Kier alpha value is -0.900. The lowest BCUT2D eigenvalue weighted by molar-refractivity contribution is 0.104. The van der Waals surface area contributed by atoms with Crippen molar-refractivity contribution in [2.24, 2.45) is 5.73 Å². The molecule has 1 saturated heterocycles. The minimum absolute atomic E-state index is 0.0840. The van der Waals surface area contributed by atoms with Gasteiger partial charge in [0.1, 0.15) is 0 Å². The minimum atomic E-state index is 0.0840. The lowest BCUT2D eigenvalue weighted by Gasteiger charge is -2.14. The molecular formula is C14H22N2O. The SMILES string of the molecule is N[C@@H](CNCCC1CCCO1)c1ccccc1. The zero-order valence-corrected chi connectivity index (χ0v) is 10.3. The van der Waals surface area contributed by atoms with E-state index >= 15 is 0 Å². The molecule has 94 valence electrons. The lowest BCUT2D eigenvalue weighted by Crippen LogP contribution is -2.29. The van der Waals surface area contributed by atoms with E-state index in [9.17, 15) is 0 Å². The second-order valence-corrected chi connectivity index (χ2v) is 4.65.